The number of esters is 3. The molecular formula is C26H51N4O6+. The molecule has 1 aliphatic rings. The highest BCUT2D eigenvalue weighted by atomic mass is 16.6. The average Bonchev–Trinajstić information content (AvgIpc) is 2.61. The van der Waals surface area contributed by atoms with Gasteiger partial charge in [-0.3, -0.25) is 9.69 Å². The van der Waals surface area contributed by atoms with Crippen LogP contribution in [-0.2, 0) is 28.6 Å². The average molecular weight is 516 g/mol. The van der Waals surface area contributed by atoms with Gasteiger partial charge in [0.2, 0.25) is 0 Å². The van der Waals surface area contributed by atoms with Crippen molar-refractivity contribution in [1.29, 1.82) is 0 Å². The molecule has 0 spiro atoms. The van der Waals surface area contributed by atoms with Crippen LogP contribution in [0.2, 0.25) is 0 Å². The summed E-state index contributed by atoms with van der Waals surface area (Å²) in [5, 5.41) is 6.84. The highest BCUT2D eigenvalue weighted by molar-refractivity contribution is 5.73. The van der Waals surface area contributed by atoms with Gasteiger partial charge >= 0.3 is 17.9 Å². The highest BCUT2D eigenvalue weighted by Gasteiger charge is 2.36. The number of hydrogen-bond acceptors (Lipinski definition) is 9. The zero-order valence-corrected chi connectivity index (χ0v) is 24.1. The quantitative estimate of drug-likeness (QED) is 0.308. The summed E-state index contributed by atoms with van der Waals surface area (Å²) in [6, 6.07) is 0. The van der Waals surface area contributed by atoms with E-state index in [-0.39, 0.29) is 42.0 Å². The van der Waals surface area contributed by atoms with Gasteiger partial charge in [-0.2, -0.15) is 0 Å². The summed E-state index contributed by atoms with van der Waals surface area (Å²) in [5.41, 5.74) is -1.72. The van der Waals surface area contributed by atoms with Gasteiger partial charge in [-0.05, 0) is 62.3 Å². The van der Waals surface area contributed by atoms with E-state index in [1.807, 2.05) is 62.3 Å². The van der Waals surface area contributed by atoms with Gasteiger partial charge in [-0.15, -0.1) is 0 Å². The Morgan fingerprint density at radius 2 is 1.00 bits per heavy atom. The van der Waals surface area contributed by atoms with E-state index in [4.69, 9.17) is 14.2 Å². The summed E-state index contributed by atoms with van der Waals surface area (Å²) in [6.07, 6.45) is 0. The van der Waals surface area contributed by atoms with Crippen molar-refractivity contribution in [1.82, 2.24) is 15.5 Å². The van der Waals surface area contributed by atoms with E-state index in [0.717, 1.165) is 0 Å². The smallest absolute Gasteiger partial charge is 0.362 e. The molecule has 0 radical (unpaired) electrons. The van der Waals surface area contributed by atoms with Crippen LogP contribution in [0, 0.1) is 0 Å². The largest absolute Gasteiger partial charge is 0.459 e. The number of nitrogens with zero attached hydrogens (tertiary/aromatic N) is 2. The minimum atomic E-state index is -0.604. The molecule has 1 saturated heterocycles. The lowest BCUT2D eigenvalue weighted by atomic mass is 10.2. The SMILES string of the molecule is CC(C)(C)OC(=O)CN1CCNCC[N+](CC(=O)OC(C)(C)C)(CC(=O)OC(C)(C)C)CCNCC1. The number of ether oxygens (including phenoxy) is 3. The fourth-order valence-electron chi connectivity index (χ4n) is 3.96. The van der Waals surface area contributed by atoms with Crippen molar-refractivity contribution >= 4 is 17.9 Å². The number of quaternary nitrogens is 1. The predicted molar refractivity (Wildman–Crippen MR) is 139 cm³/mol. The minimum Gasteiger partial charge on any atom is -0.459 e. The first-order valence-electron chi connectivity index (χ1n) is 13.0. The van der Waals surface area contributed by atoms with Crippen molar-refractivity contribution in [2.45, 2.75) is 79.1 Å². The minimum absolute atomic E-state index is 0.0879. The first kappa shape index (κ1) is 32.3. The Hall–Kier alpha value is -1.75. The Bertz CT molecular complexity index is 675. The van der Waals surface area contributed by atoms with Crippen LogP contribution in [0.5, 0.6) is 0 Å². The van der Waals surface area contributed by atoms with Crippen molar-refractivity contribution < 1.29 is 33.1 Å². The molecule has 36 heavy (non-hydrogen) atoms. The molecule has 210 valence electrons. The molecule has 1 aliphatic heterocycles. The number of carbonyl (C=O) groups is 3. The number of rotatable bonds is 6. The van der Waals surface area contributed by atoms with Gasteiger partial charge in [-0.1, -0.05) is 0 Å². The van der Waals surface area contributed by atoms with E-state index in [2.05, 4.69) is 15.5 Å². The molecule has 0 aromatic rings. The molecule has 1 heterocycles. The van der Waals surface area contributed by atoms with Crippen LogP contribution in [0.3, 0.4) is 0 Å². The fourth-order valence-corrected chi connectivity index (χ4v) is 3.96. The van der Waals surface area contributed by atoms with E-state index in [1.165, 1.54) is 0 Å². The molecule has 2 N–H and O–H groups in total. The predicted octanol–water partition coefficient (Wildman–Crippen LogP) is 1.32. The summed E-state index contributed by atoms with van der Waals surface area (Å²) in [4.78, 5) is 40.0. The van der Waals surface area contributed by atoms with E-state index >= 15 is 0 Å². The van der Waals surface area contributed by atoms with Gasteiger partial charge in [-0.25, -0.2) is 9.59 Å². The second kappa shape index (κ2) is 13.7. The van der Waals surface area contributed by atoms with Crippen LogP contribution in [0.15, 0.2) is 0 Å². The van der Waals surface area contributed by atoms with Crippen LogP contribution in [0.4, 0.5) is 0 Å². The fraction of sp³-hybridized carbons (Fsp3) is 0.885. The Balaban J connectivity index is 2.90. The molecule has 0 bridgehead atoms. The molecule has 0 aliphatic carbocycles. The summed E-state index contributed by atoms with van der Waals surface area (Å²) in [7, 11) is 0. The Morgan fingerprint density at radius 1 is 0.639 bits per heavy atom. The van der Waals surface area contributed by atoms with E-state index in [1.54, 1.807) is 0 Å². The van der Waals surface area contributed by atoms with Gasteiger partial charge < -0.3 is 29.3 Å². The summed E-state index contributed by atoms with van der Waals surface area (Å²) < 4.78 is 16.9. The maximum Gasteiger partial charge on any atom is 0.362 e. The Morgan fingerprint density at radius 3 is 1.36 bits per heavy atom. The molecule has 10 nitrogen and oxygen atoms in total. The lowest BCUT2D eigenvalue weighted by Gasteiger charge is -2.38. The topological polar surface area (TPSA) is 106 Å². The molecule has 1 fully saturated rings. The van der Waals surface area contributed by atoms with Gasteiger partial charge in [0.1, 0.15) is 16.8 Å². The van der Waals surface area contributed by atoms with Gasteiger partial charge in [0.05, 0.1) is 19.6 Å². The van der Waals surface area contributed by atoms with Gasteiger partial charge in [0, 0.05) is 39.3 Å². The van der Waals surface area contributed by atoms with Crippen molar-refractivity contribution in [2.75, 3.05) is 72.0 Å². The lowest BCUT2D eigenvalue weighted by molar-refractivity contribution is -0.912. The van der Waals surface area contributed by atoms with Gasteiger partial charge in [0.15, 0.2) is 13.1 Å². The molecule has 0 aromatic heterocycles. The van der Waals surface area contributed by atoms with Crippen LogP contribution >= 0.6 is 0 Å². The first-order chi connectivity index (χ1) is 16.4. The molecule has 0 amide bonds. The van der Waals surface area contributed by atoms with E-state index in [0.29, 0.717) is 52.4 Å². The highest BCUT2D eigenvalue weighted by Crippen LogP contribution is 2.15. The summed E-state index contributed by atoms with van der Waals surface area (Å²) >= 11 is 0. The molecule has 0 unspecified atom stereocenters. The third kappa shape index (κ3) is 15.4. The maximum absolute atomic E-state index is 12.8. The number of hydrogen-bond donors (Lipinski definition) is 2. The van der Waals surface area contributed by atoms with Crippen molar-refractivity contribution in [3.05, 3.63) is 0 Å². The molecule has 0 saturated carbocycles. The zero-order valence-electron chi connectivity index (χ0n) is 24.1. The molecular weight excluding hydrogens is 464 g/mol. The lowest BCUT2D eigenvalue weighted by Crippen LogP contribution is -2.60. The number of carbonyl (C=O) groups excluding carboxylic acids is 3. The van der Waals surface area contributed by atoms with Crippen LogP contribution < -0.4 is 10.6 Å². The monoisotopic (exact) mass is 515 g/mol. The Labute approximate surface area is 218 Å². The Kier molecular flexibility index (Phi) is 12.3. The second-order valence-electron chi connectivity index (χ2n) is 12.6. The number of nitrogens with one attached hydrogen (secondary N) is 2. The third-order valence-corrected chi connectivity index (χ3v) is 5.28. The van der Waals surface area contributed by atoms with Crippen molar-refractivity contribution in [2.24, 2.45) is 0 Å². The molecule has 1 rings (SSSR count). The summed E-state index contributed by atoms with van der Waals surface area (Å²) in [5.74, 6) is -0.900. The first-order valence-corrected chi connectivity index (χ1v) is 13.0. The van der Waals surface area contributed by atoms with E-state index < -0.39 is 16.8 Å². The van der Waals surface area contributed by atoms with E-state index in [9.17, 15) is 14.4 Å². The zero-order chi connectivity index (χ0) is 27.6. The second-order valence-corrected chi connectivity index (χ2v) is 12.6. The molecule has 0 atom stereocenters. The molecule has 0 aromatic carbocycles. The van der Waals surface area contributed by atoms with Gasteiger partial charge in [0.25, 0.3) is 0 Å². The van der Waals surface area contributed by atoms with Crippen molar-refractivity contribution in [3.63, 3.8) is 0 Å². The van der Waals surface area contributed by atoms with Crippen LogP contribution in [-0.4, -0.2) is 116 Å². The molecule has 10 heteroatoms. The summed E-state index contributed by atoms with van der Waals surface area (Å²) in [6.45, 7) is 22.1. The van der Waals surface area contributed by atoms with Crippen LogP contribution in [0.1, 0.15) is 62.3 Å². The van der Waals surface area contributed by atoms with Crippen molar-refractivity contribution in [3.8, 4) is 0 Å². The normalized spacial score (nSPS) is 18.9. The third-order valence-electron chi connectivity index (χ3n) is 5.28. The van der Waals surface area contributed by atoms with Crippen LogP contribution in [0.25, 0.3) is 0 Å². The standard InChI is InChI=1S/C26H51N4O6/c1-24(2,3)34-21(31)18-29-14-10-27-12-16-30(17-13-28-11-15-29,19-22(32)35-25(4,5)6)20-23(33)36-26(7,8)9/h27-28H,10-20H2,1-9H3/q+1. The maximum atomic E-state index is 12.8.